The van der Waals surface area contributed by atoms with E-state index in [0.29, 0.717) is 11.6 Å². The van der Waals surface area contributed by atoms with Crippen LogP contribution in [0.1, 0.15) is 54.6 Å². The van der Waals surface area contributed by atoms with Gasteiger partial charge in [-0.15, -0.1) is 0 Å². The van der Waals surface area contributed by atoms with Gasteiger partial charge in [0.05, 0.1) is 12.8 Å². The van der Waals surface area contributed by atoms with Crippen LogP contribution in [0.4, 0.5) is 0 Å². The SMILES string of the molecule is COc1c(Sc2ccccc2)c(C(=O)NC23CC4CC(CC(C4)C2)C3)nn1-c1ccc(C)cc1. The molecule has 0 saturated heterocycles. The zero-order valence-electron chi connectivity index (χ0n) is 19.8. The molecular formula is C28H31N3O2S. The number of ether oxygens (including phenoxy) is 1. The molecule has 5 nitrogen and oxygen atoms in total. The number of aryl methyl sites for hydroxylation is 1. The fourth-order valence-electron chi connectivity index (χ4n) is 6.84. The molecule has 4 aliphatic carbocycles. The first-order valence-electron chi connectivity index (χ1n) is 12.3. The molecule has 3 aromatic rings. The summed E-state index contributed by atoms with van der Waals surface area (Å²) in [6, 6.07) is 18.2. The first-order chi connectivity index (χ1) is 16.5. The molecule has 4 aliphatic rings. The van der Waals surface area contributed by atoms with Gasteiger partial charge < -0.3 is 10.1 Å². The first kappa shape index (κ1) is 21.8. The van der Waals surface area contributed by atoms with E-state index in [1.54, 1.807) is 11.8 Å². The Kier molecular flexibility index (Phi) is 5.44. The number of methoxy groups -OCH3 is 1. The van der Waals surface area contributed by atoms with Crippen LogP contribution in [0, 0.1) is 24.7 Å². The van der Waals surface area contributed by atoms with Crippen LogP contribution in [-0.2, 0) is 0 Å². The third-order valence-corrected chi connectivity index (χ3v) is 8.95. The Bertz CT molecular complexity index is 1170. The molecule has 7 rings (SSSR count). The van der Waals surface area contributed by atoms with Gasteiger partial charge in [0.25, 0.3) is 5.91 Å². The van der Waals surface area contributed by atoms with E-state index in [1.807, 2.05) is 42.5 Å². The highest BCUT2D eigenvalue weighted by molar-refractivity contribution is 7.99. The molecule has 6 heteroatoms. The van der Waals surface area contributed by atoms with Gasteiger partial charge in [-0.3, -0.25) is 4.79 Å². The molecular weight excluding hydrogens is 442 g/mol. The monoisotopic (exact) mass is 473 g/mol. The average Bonchev–Trinajstić information content (AvgIpc) is 3.17. The fraction of sp³-hybridized carbons (Fsp3) is 0.429. The van der Waals surface area contributed by atoms with Crippen LogP contribution in [-0.4, -0.2) is 28.3 Å². The topological polar surface area (TPSA) is 56.1 Å². The third-order valence-electron chi connectivity index (χ3n) is 7.87. The van der Waals surface area contributed by atoms with E-state index in [4.69, 9.17) is 9.84 Å². The minimum Gasteiger partial charge on any atom is -0.480 e. The molecule has 0 radical (unpaired) electrons. The standard InChI is InChI=1S/C28H31N3O2S/c1-18-8-10-22(11-9-18)31-27(33-2)25(34-23-6-4-3-5-7-23)24(30-31)26(32)29-28-15-19-12-20(16-28)14-21(13-19)17-28/h3-11,19-21H,12-17H2,1-2H3,(H,29,32). The van der Waals surface area contributed by atoms with Gasteiger partial charge in [0.1, 0.15) is 4.90 Å². The Morgan fingerprint density at radius 1 is 1.00 bits per heavy atom. The van der Waals surface area contributed by atoms with Crippen LogP contribution >= 0.6 is 11.8 Å². The van der Waals surface area contributed by atoms with E-state index in [-0.39, 0.29) is 11.4 Å². The molecule has 4 fully saturated rings. The highest BCUT2D eigenvalue weighted by Crippen LogP contribution is 2.55. The van der Waals surface area contributed by atoms with Crippen molar-refractivity contribution < 1.29 is 9.53 Å². The van der Waals surface area contributed by atoms with Crippen LogP contribution in [0.15, 0.2) is 64.4 Å². The second kappa shape index (κ2) is 8.49. The van der Waals surface area contributed by atoms with E-state index >= 15 is 0 Å². The van der Waals surface area contributed by atoms with E-state index < -0.39 is 0 Å². The van der Waals surface area contributed by atoms with Crippen molar-refractivity contribution in [3.8, 4) is 11.6 Å². The number of nitrogens with one attached hydrogen (secondary N) is 1. The van der Waals surface area contributed by atoms with Gasteiger partial charge in [0.2, 0.25) is 5.88 Å². The molecule has 0 atom stereocenters. The van der Waals surface area contributed by atoms with Crippen molar-refractivity contribution in [3.63, 3.8) is 0 Å². The summed E-state index contributed by atoms with van der Waals surface area (Å²) in [4.78, 5) is 15.7. The molecule has 1 aromatic heterocycles. The van der Waals surface area contributed by atoms with Crippen LogP contribution in [0.25, 0.3) is 5.69 Å². The summed E-state index contributed by atoms with van der Waals surface area (Å²) in [7, 11) is 1.65. The van der Waals surface area contributed by atoms with Gasteiger partial charge in [-0.05, 0) is 87.5 Å². The molecule has 0 aliphatic heterocycles. The number of benzene rings is 2. The van der Waals surface area contributed by atoms with E-state index in [2.05, 4.69) is 24.4 Å². The molecule has 1 amide bonds. The Morgan fingerprint density at radius 2 is 1.62 bits per heavy atom. The number of carbonyl (C=O) groups is 1. The van der Waals surface area contributed by atoms with Crippen molar-refractivity contribution >= 4 is 17.7 Å². The molecule has 176 valence electrons. The minimum absolute atomic E-state index is 0.0681. The number of rotatable bonds is 6. The Labute approximate surface area is 205 Å². The van der Waals surface area contributed by atoms with Gasteiger partial charge in [-0.1, -0.05) is 47.7 Å². The lowest BCUT2D eigenvalue weighted by Crippen LogP contribution is -2.59. The lowest BCUT2D eigenvalue weighted by molar-refractivity contribution is -0.0168. The quantitative estimate of drug-likeness (QED) is 0.474. The molecule has 1 heterocycles. The molecule has 4 bridgehead atoms. The Hall–Kier alpha value is -2.73. The van der Waals surface area contributed by atoms with E-state index in [0.717, 1.165) is 52.5 Å². The number of carbonyl (C=O) groups excluding carboxylic acids is 1. The zero-order chi connectivity index (χ0) is 23.3. The van der Waals surface area contributed by atoms with E-state index in [9.17, 15) is 4.79 Å². The zero-order valence-corrected chi connectivity index (χ0v) is 20.6. The highest BCUT2D eigenvalue weighted by atomic mass is 32.2. The fourth-order valence-corrected chi connectivity index (χ4v) is 7.86. The summed E-state index contributed by atoms with van der Waals surface area (Å²) < 4.78 is 7.62. The largest absolute Gasteiger partial charge is 0.480 e. The van der Waals surface area contributed by atoms with Crippen molar-refractivity contribution in [3.05, 3.63) is 65.9 Å². The molecule has 4 saturated carbocycles. The number of hydrogen-bond acceptors (Lipinski definition) is 4. The summed E-state index contributed by atoms with van der Waals surface area (Å²) in [6.45, 7) is 2.06. The van der Waals surface area contributed by atoms with Crippen molar-refractivity contribution in [2.75, 3.05) is 7.11 Å². The van der Waals surface area contributed by atoms with Gasteiger partial charge in [-0.2, -0.15) is 9.78 Å². The maximum Gasteiger partial charge on any atom is 0.273 e. The second-order valence-electron chi connectivity index (χ2n) is 10.5. The van der Waals surface area contributed by atoms with Crippen molar-refractivity contribution in [1.29, 1.82) is 0 Å². The van der Waals surface area contributed by atoms with Gasteiger partial charge in [0.15, 0.2) is 5.69 Å². The van der Waals surface area contributed by atoms with Crippen LogP contribution in [0.3, 0.4) is 0 Å². The van der Waals surface area contributed by atoms with Gasteiger partial charge in [-0.25, -0.2) is 0 Å². The predicted octanol–water partition coefficient (Wildman–Crippen LogP) is 6.04. The first-order valence-corrected chi connectivity index (χ1v) is 13.1. The van der Waals surface area contributed by atoms with Crippen LogP contribution < -0.4 is 10.1 Å². The van der Waals surface area contributed by atoms with E-state index in [1.165, 1.54) is 36.6 Å². The smallest absolute Gasteiger partial charge is 0.273 e. The number of hydrogen-bond donors (Lipinski definition) is 1. The third kappa shape index (κ3) is 3.92. The molecule has 2 aromatic carbocycles. The number of aromatic nitrogens is 2. The maximum atomic E-state index is 13.9. The summed E-state index contributed by atoms with van der Waals surface area (Å²) in [5, 5.41) is 8.34. The van der Waals surface area contributed by atoms with Crippen molar-refractivity contribution in [2.24, 2.45) is 17.8 Å². The van der Waals surface area contributed by atoms with Crippen LogP contribution in [0.2, 0.25) is 0 Å². The molecule has 0 spiro atoms. The average molecular weight is 474 g/mol. The second-order valence-corrected chi connectivity index (χ2v) is 11.6. The van der Waals surface area contributed by atoms with Gasteiger partial charge in [0, 0.05) is 10.4 Å². The van der Waals surface area contributed by atoms with Gasteiger partial charge >= 0.3 is 0 Å². The van der Waals surface area contributed by atoms with Crippen LogP contribution in [0.5, 0.6) is 5.88 Å². The molecule has 1 N–H and O–H groups in total. The minimum atomic E-state index is -0.0791. The molecule has 34 heavy (non-hydrogen) atoms. The normalized spacial score (nSPS) is 27.1. The molecule has 0 unspecified atom stereocenters. The summed E-state index contributed by atoms with van der Waals surface area (Å²) in [6.07, 6.45) is 7.38. The van der Waals surface area contributed by atoms with Crippen molar-refractivity contribution in [1.82, 2.24) is 15.1 Å². The predicted molar refractivity (Wildman–Crippen MR) is 134 cm³/mol. The lowest BCUT2D eigenvalue weighted by atomic mass is 9.53. The summed E-state index contributed by atoms with van der Waals surface area (Å²) in [5.74, 6) is 2.82. The number of amides is 1. The maximum absolute atomic E-state index is 13.9. The number of nitrogens with zero attached hydrogens (tertiary/aromatic N) is 2. The Balaban J connectivity index is 1.39. The highest BCUT2D eigenvalue weighted by Gasteiger charge is 2.51. The Morgan fingerprint density at radius 3 is 2.21 bits per heavy atom. The van der Waals surface area contributed by atoms with Crippen molar-refractivity contribution in [2.45, 2.75) is 60.8 Å². The summed E-state index contributed by atoms with van der Waals surface area (Å²) >= 11 is 1.54. The summed E-state index contributed by atoms with van der Waals surface area (Å²) in [5.41, 5.74) is 2.43. The lowest BCUT2D eigenvalue weighted by Gasteiger charge is -2.56.